The van der Waals surface area contributed by atoms with Gasteiger partial charge < -0.3 is 10.2 Å². The molecule has 1 N–H and O–H groups in total. The molecule has 0 spiro atoms. The molecule has 0 bridgehead atoms. The summed E-state index contributed by atoms with van der Waals surface area (Å²) in [7, 11) is -1.40. The van der Waals surface area contributed by atoms with Gasteiger partial charge in [0.25, 0.3) is 0 Å². The van der Waals surface area contributed by atoms with E-state index < -0.39 is 10.0 Å². The van der Waals surface area contributed by atoms with Crippen molar-refractivity contribution in [3.63, 3.8) is 0 Å². The first-order valence-electron chi connectivity index (χ1n) is 7.39. The Labute approximate surface area is 127 Å². The van der Waals surface area contributed by atoms with Crippen molar-refractivity contribution in [2.45, 2.75) is 31.2 Å². The van der Waals surface area contributed by atoms with Crippen LogP contribution >= 0.6 is 0 Å². The van der Waals surface area contributed by atoms with Crippen molar-refractivity contribution in [1.82, 2.24) is 14.2 Å². The average Bonchev–Trinajstić information content (AvgIpc) is 2.48. The summed E-state index contributed by atoms with van der Waals surface area (Å²) in [5.41, 5.74) is 0. The van der Waals surface area contributed by atoms with Gasteiger partial charge in [-0.25, -0.2) is 13.4 Å². The Morgan fingerprint density at radius 2 is 2.10 bits per heavy atom. The lowest BCUT2D eigenvalue weighted by Crippen LogP contribution is -2.52. The van der Waals surface area contributed by atoms with Crippen molar-refractivity contribution in [2.75, 3.05) is 38.5 Å². The van der Waals surface area contributed by atoms with Crippen molar-refractivity contribution in [1.29, 1.82) is 0 Å². The zero-order chi connectivity index (χ0) is 15.5. The van der Waals surface area contributed by atoms with Gasteiger partial charge in [0.1, 0.15) is 10.7 Å². The summed E-state index contributed by atoms with van der Waals surface area (Å²) in [5.74, 6) is 0.696. The van der Waals surface area contributed by atoms with E-state index in [9.17, 15) is 8.42 Å². The van der Waals surface area contributed by atoms with Gasteiger partial charge in [-0.05, 0) is 32.5 Å². The van der Waals surface area contributed by atoms with Crippen LogP contribution in [0.2, 0.25) is 0 Å². The maximum absolute atomic E-state index is 12.7. The molecule has 21 heavy (non-hydrogen) atoms. The van der Waals surface area contributed by atoms with Gasteiger partial charge in [0, 0.05) is 38.4 Å². The number of sulfonamides is 1. The average molecular weight is 312 g/mol. The Morgan fingerprint density at radius 1 is 1.33 bits per heavy atom. The molecule has 0 saturated carbocycles. The van der Waals surface area contributed by atoms with Gasteiger partial charge in [-0.1, -0.05) is 6.92 Å². The molecular weight excluding hydrogens is 288 g/mol. The third-order valence-electron chi connectivity index (χ3n) is 3.94. The highest BCUT2D eigenvalue weighted by Gasteiger charge is 2.32. The summed E-state index contributed by atoms with van der Waals surface area (Å²) in [6.07, 6.45) is 2.38. The Hall–Kier alpha value is -1.18. The van der Waals surface area contributed by atoms with Crippen LogP contribution in [-0.2, 0) is 10.0 Å². The smallest absolute Gasteiger partial charge is 0.244 e. The molecular formula is C14H24N4O2S. The second-order valence-corrected chi connectivity index (χ2v) is 7.25. The molecule has 0 radical (unpaired) electrons. The van der Waals surface area contributed by atoms with Crippen LogP contribution in [0.4, 0.5) is 5.82 Å². The fraction of sp³-hybridized carbons (Fsp3) is 0.643. The number of rotatable bonds is 5. The number of aromatic nitrogens is 1. The zero-order valence-corrected chi connectivity index (χ0v) is 13.7. The lowest BCUT2D eigenvalue weighted by Gasteiger charge is -2.38. The summed E-state index contributed by atoms with van der Waals surface area (Å²) in [4.78, 5) is 6.64. The lowest BCUT2D eigenvalue weighted by molar-refractivity contribution is 0.144. The van der Waals surface area contributed by atoms with Gasteiger partial charge in [0.2, 0.25) is 10.0 Å². The molecule has 0 aliphatic carbocycles. The van der Waals surface area contributed by atoms with Crippen LogP contribution in [0.15, 0.2) is 23.2 Å². The molecule has 1 aromatic heterocycles. The molecule has 7 heteroatoms. The SMILES string of the molecule is CCNc1ccc(S(=O)(=O)N2CCN(C)C(CC)C2)cn1. The maximum atomic E-state index is 12.7. The lowest BCUT2D eigenvalue weighted by atomic mass is 10.1. The van der Waals surface area contributed by atoms with Gasteiger partial charge in [-0.3, -0.25) is 0 Å². The third kappa shape index (κ3) is 3.53. The highest BCUT2D eigenvalue weighted by atomic mass is 32.2. The molecule has 1 atom stereocenters. The van der Waals surface area contributed by atoms with Crippen LogP contribution in [-0.4, -0.2) is 61.9 Å². The Bertz CT molecular complexity index is 559. The molecule has 1 aromatic rings. The van der Waals surface area contributed by atoms with Crippen molar-refractivity contribution < 1.29 is 8.42 Å². The number of anilines is 1. The predicted molar refractivity (Wildman–Crippen MR) is 83.9 cm³/mol. The summed E-state index contributed by atoms with van der Waals surface area (Å²) in [6, 6.07) is 3.62. The Balaban J connectivity index is 2.17. The number of nitrogens with zero attached hydrogens (tertiary/aromatic N) is 3. The van der Waals surface area contributed by atoms with Crippen molar-refractivity contribution in [2.24, 2.45) is 0 Å². The minimum absolute atomic E-state index is 0.267. The Morgan fingerprint density at radius 3 is 2.67 bits per heavy atom. The van der Waals surface area contributed by atoms with E-state index >= 15 is 0 Å². The Kier molecular flexibility index (Phi) is 5.18. The topological polar surface area (TPSA) is 65.5 Å². The first-order chi connectivity index (χ1) is 9.98. The molecule has 1 aliphatic rings. The molecule has 0 aromatic carbocycles. The number of hydrogen-bond donors (Lipinski definition) is 1. The summed E-state index contributed by atoms with van der Waals surface area (Å²) in [5, 5.41) is 3.06. The molecule has 1 fully saturated rings. The summed E-state index contributed by atoms with van der Waals surface area (Å²) in [6.45, 7) is 6.66. The highest BCUT2D eigenvalue weighted by molar-refractivity contribution is 7.89. The van der Waals surface area contributed by atoms with Gasteiger partial charge in [-0.2, -0.15) is 4.31 Å². The van der Waals surface area contributed by atoms with E-state index in [1.807, 2.05) is 14.0 Å². The second-order valence-electron chi connectivity index (χ2n) is 5.32. The fourth-order valence-corrected chi connectivity index (χ4v) is 3.96. The molecule has 1 aliphatic heterocycles. The zero-order valence-electron chi connectivity index (χ0n) is 12.9. The monoisotopic (exact) mass is 312 g/mol. The van der Waals surface area contributed by atoms with E-state index in [1.165, 1.54) is 6.20 Å². The molecule has 1 saturated heterocycles. The van der Waals surface area contributed by atoms with Gasteiger partial charge >= 0.3 is 0 Å². The maximum Gasteiger partial charge on any atom is 0.244 e. The van der Waals surface area contributed by atoms with Crippen LogP contribution < -0.4 is 5.32 Å². The van der Waals surface area contributed by atoms with Crippen LogP contribution in [0, 0.1) is 0 Å². The third-order valence-corrected chi connectivity index (χ3v) is 5.79. The summed E-state index contributed by atoms with van der Waals surface area (Å²) >= 11 is 0. The van der Waals surface area contributed by atoms with Crippen LogP contribution in [0.3, 0.4) is 0 Å². The minimum atomic E-state index is -3.44. The number of pyridine rings is 1. The largest absolute Gasteiger partial charge is 0.370 e. The molecule has 2 rings (SSSR count). The molecule has 2 heterocycles. The minimum Gasteiger partial charge on any atom is -0.370 e. The second kappa shape index (κ2) is 6.72. The fourth-order valence-electron chi connectivity index (χ4n) is 2.54. The van der Waals surface area contributed by atoms with E-state index in [-0.39, 0.29) is 10.9 Å². The van der Waals surface area contributed by atoms with E-state index in [2.05, 4.69) is 22.1 Å². The van der Waals surface area contributed by atoms with Crippen LogP contribution in [0.1, 0.15) is 20.3 Å². The van der Waals surface area contributed by atoms with E-state index in [0.717, 1.165) is 19.5 Å². The molecule has 1 unspecified atom stereocenters. The normalized spacial score (nSPS) is 21.4. The molecule has 118 valence electrons. The van der Waals surface area contributed by atoms with Crippen LogP contribution in [0.5, 0.6) is 0 Å². The van der Waals surface area contributed by atoms with E-state index in [0.29, 0.717) is 18.9 Å². The van der Waals surface area contributed by atoms with Crippen molar-refractivity contribution in [3.05, 3.63) is 18.3 Å². The van der Waals surface area contributed by atoms with Gasteiger partial charge in [0.15, 0.2) is 0 Å². The highest BCUT2D eigenvalue weighted by Crippen LogP contribution is 2.20. The van der Waals surface area contributed by atoms with Crippen molar-refractivity contribution >= 4 is 15.8 Å². The molecule has 0 amide bonds. The van der Waals surface area contributed by atoms with Crippen molar-refractivity contribution in [3.8, 4) is 0 Å². The number of hydrogen-bond acceptors (Lipinski definition) is 5. The number of nitrogens with one attached hydrogen (secondary N) is 1. The standard InChI is InChI=1S/C14H24N4O2S/c1-4-12-11-18(9-8-17(12)3)21(19,20)13-6-7-14(15-5-2)16-10-13/h6-7,10,12H,4-5,8-9,11H2,1-3H3,(H,15,16). The van der Waals surface area contributed by atoms with E-state index in [1.54, 1.807) is 16.4 Å². The van der Waals surface area contributed by atoms with E-state index in [4.69, 9.17) is 0 Å². The van der Waals surface area contributed by atoms with Gasteiger partial charge in [0.05, 0.1) is 0 Å². The first-order valence-corrected chi connectivity index (χ1v) is 8.83. The molecule has 6 nitrogen and oxygen atoms in total. The summed E-state index contributed by atoms with van der Waals surface area (Å²) < 4.78 is 26.9. The predicted octanol–water partition coefficient (Wildman–Crippen LogP) is 1.23. The van der Waals surface area contributed by atoms with Gasteiger partial charge in [-0.15, -0.1) is 0 Å². The first kappa shape index (κ1) is 16.2. The number of likely N-dealkylation sites (N-methyl/N-ethyl adjacent to an activating group) is 1. The quantitative estimate of drug-likeness (QED) is 0.886. The number of piperazine rings is 1. The van der Waals surface area contributed by atoms with Crippen LogP contribution in [0.25, 0.3) is 0 Å².